The predicted molar refractivity (Wildman–Crippen MR) is 108 cm³/mol. The first-order valence-electron chi connectivity index (χ1n) is 8.16. The lowest BCUT2D eigenvalue weighted by Gasteiger charge is -2.22. The van der Waals surface area contributed by atoms with Crippen LogP contribution in [0, 0.1) is 0 Å². The molecule has 2 aromatic heterocycles. The van der Waals surface area contributed by atoms with Crippen LogP contribution in [-0.4, -0.2) is 16.1 Å². The molecule has 0 spiro atoms. The second kappa shape index (κ2) is 6.41. The fourth-order valence-corrected chi connectivity index (χ4v) is 4.28. The number of benzene rings is 2. The molecule has 1 amide bonds. The van der Waals surface area contributed by atoms with Crippen LogP contribution in [-0.2, 0) is 0 Å². The first-order chi connectivity index (χ1) is 13.6. The number of rotatable bonds is 2. The second-order valence-electron chi connectivity index (χ2n) is 6.14. The highest BCUT2D eigenvalue weighted by molar-refractivity contribution is 7.13. The lowest BCUT2D eigenvalue weighted by atomic mass is 9.99. The van der Waals surface area contributed by atoms with E-state index in [1.807, 2.05) is 0 Å². The average Bonchev–Trinajstić information content (AvgIpc) is 3.31. The van der Waals surface area contributed by atoms with Gasteiger partial charge in [0, 0.05) is 0 Å². The van der Waals surface area contributed by atoms with Gasteiger partial charge in [-0.15, -0.1) is 10.2 Å². The summed E-state index contributed by atoms with van der Waals surface area (Å²) in [5.41, 5.74) is 2.47. The Kier molecular flexibility index (Phi) is 3.97. The van der Waals surface area contributed by atoms with E-state index in [1.165, 1.54) is 21.7 Å². The van der Waals surface area contributed by atoms with Crippen molar-refractivity contribution in [1.82, 2.24) is 10.2 Å². The largest absolute Gasteiger partial charge is 0.450 e. The third-order valence-electron chi connectivity index (χ3n) is 4.59. The summed E-state index contributed by atoms with van der Waals surface area (Å²) in [7, 11) is 0. The molecule has 1 aliphatic heterocycles. The zero-order chi connectivity index (χ0) is 19.4. The number of amides is 1. The van der Waals surface area contributed by atoms with E-state index >= 15 is 0 Å². The summed E-state index contributed by atoms with van der Waals surface area (Å²) in [4.78, 5) is 27.9. The van der Waals surface area contributed by atoms with E-state index in [0.717, 1.165) is 0 Å². The van der Waals surface area contributed by atoms with Gasteiger partial charge in [-0.05, 0) is 29.8 Å². The number of para-hydroxylation sites is 1. The van der Waals surface area contributed by atoms with Gasteiger partial charge < -0.3 is 4.42 Å². The quantitative estimate of drug-likeness (QED) is 0.461. The summed E-state index contributed by atoms with van der Waals surface area (Å²) in [6.45, 7) is 0. The fraction of sp³-hybridized carbons (Fsp3) is 0.0526. The van der Waals surface area contributed by atoms with Crippen LogP contribution in [0.15, 0.2) is 57.2 Å². The molecule has 0 saturated carbocycles. The van der Waals surface area contributed by atoms with Crippen LogP contribution in [0.4, 0.5) is 5.13 Å². The molecule has 0 saturated heterocycles. The lowest BCUT2D eigenvalue weighted by Crippen LogP contribution is -2.29. The minimum Gasteiger partial charge on any atom is -0.450 e. The predicted octanol–water partition coefficient (Wildman–Crippen LogP) is 4.70. The molecule has 28 heavy (non-hydrogen) atoms. The summed E-state index contributed by atoms with van der Waals surface area (Å²) >= 11 is 13.4. The van der Waals surface area contributed by atoms with Crippen molar-refractivity contribution in [1.29, 1.82) is 0 Å². The van der Waals surface area contributed by atoms with E-state index < -0.39 is 11.9 Å². The number of aromatic nitrogens is 2. The molecule has 6 nitrogen and oxygen atoms in total. The van der Waals surface area contributed by atoms with Crippen LogP contribution in [0.25, 0.3) is 11.0 Å². The third-order valence-corrected chi connectivity index (χ3v) is 6.02. The number of carbonyl (C=O) groups is 1. The number of halogens is 2. The van der Waals surface area contributed by atoms with Crippen LogP contribution < -0.4 is 10.3 Å². The summed E-state index contributed by atoms with van der Waals surface area (Å²) in [6.07, 6.45) is 0. The summed E-state index contributed by atoms with van der Waals surface area (Å²) in [5.74, 6) is -0.458. The van der Waals surface area contributed by atoms with Gasteiger partial charge >= 0.3 is 0 Å². The Morgan fingerprint density at radius 3 is 2.64 bits per heavy atom. The molecule has 0 bridgehead atoms. The molecule has 0 aliphatic carbocycles. The molecular formula is C19H9Cl2N3O3S. The van der Waals surface area contributed by atoms with Gasteiger partial charge in [-0.2, -0.15) is 0 Å². The van der Waals surface area contributed by atoms with Gasteiger partial charge in [-0.3, -0.25) is 14.5 Å². The Balaban J connectivity index is 1.84. The van der Waals surface area contributed by atoms with E-state index in [1.54, 1.807) is 42.5 Å². The van der Waals surface area contributed by atoms with Crippen LogP contribution in [0.1, 0.15) is 27.7 Å². The van der Waals surface area contributed by atoms with E-state index in [9.17, 15) is 9.59 Å². The monoisotopic (exact) mass is 429 g/mol. The Morgan fingerprint density at radius 1 is 1.07 bits per heavy atom. The van der Waals surface area contributed by atoms with Crippen molar-refractivity contribution in [3.8, 4) is 0 Å². The SMILES string of the molecule is O=C1c2oc3ccccc3c(=O)c2C(c2ccc(Cl)c(Cl)c2)N1c1nncs1. The maximum Gasteiger partial charge on any atom is 0.297 e. The molecule has 138 valence electrons. The molecule has 5 rings (SSSR count). The highest BCUT2D eigenvalue weighted by Gasteiger charge is 2.45. The molecule has 2 aromatic carbocycles. The molecule has 9 heteroatoms. The van der Waals surface area contributed by atoms with Crippen molar-refractivity contribution in [2.24, 2.45) is 0 Å². The average molecular weight is 430 g/mol. The standard InChI is InChI=1S/C19H9Cl2N3O3S/c20-11-6-5-9(7-12(11)21)15-14-16(25)10-3-1-2-4-13(10)27-17(14)18(26)24(15)19-23-22-8-28-19/h1-8,15H. The van der Waals surface area contributed by atoms with Crippen molar-refractivity contribution < 1.29 is 9.21 Å². The lowest BCUT2D eigenvalue weighted by molar-refractivity contribution is 0.0970. The van der Waals surface area contributed by atoms with E-state index in [0.29, 0.717) is 31.7 Å². The first kappa shape index (κ1) is 17.4. The fourth-order valence-electron chi connectivity index (χ4n) is 3.39. The third kappa shape index (κ3) is 2.47. The molecule has 1 unspecified atom stereocenters. The molecule has 0 N–H and O–H groups in total. The van der Waals surface area contributed by atoms with Gasteiger partial charge in [-0.25, -0.2) is 0 Å². The minimum atomic E-state index is -0.744. The number of nitrogens with zero attached hydrogens (tertiary/aromatic N) is 3. The van der Waals surface area contributed by atoms with Crippen molar-refractivity contribution in [3.05, 3.63) is 85.1 Å². The molecule has 0 fully saturated rings. The normalized spacial score (nSPS) is 16.0. The Morgan fingerprint density at radius 2 is 1.89 bits per heavy atom. The maximum atomic E-state index is 13.3. The van der Waals surface area contributed by atoms with Crippen LogP contribution in [0.5, 0.6) is 0 Å². The topological polar surface area (TPSA) is 76.3 Å². The number of carbonyl (C=O) groups excluding carboxylic acids is 1. The zero-order valence-electron chi connectivity index (χ0n) is 13.9. The van der Waals surface area contributed by atoms with E-state index in [4.69, 9.17) is 27.6 Å². The van der Waals surface area contributed by atoms with Gasteiger partial charge in [-0.1, -0.05) is 52.7 Å². The molecule has 4 aromatic rings. The minimum absolute atomic E-state index is 0.00466. The molecule has 1 atom stereocenters. The summed E-state index contributed by atoms with van der Waals surface area (Å²) in [6, 6.07) is 11.1. The molecular weight excluding hydrogens is 421 g/mol. The van der Waals surface area contributed by atoms with Gasteiger partial charge in [0.05, 0.1) is 27.0 Å². The number of anilines is 1. The smallest absolute Gasteiger partial charge is 0.297 e. The molecule has 3 heterocycles. The summed E-state index contributed by atoms with van der Waals surface area (Å²) < 4.78 is 5.84. The van der Waals surface area contributed by atoms with Crippen molar-refractivity contribution in [2.45, 2.75) is 6.04 Å². The van der Waals surface area contributed by atoms with Crippen LogP contribution >= 0.6 is 34.5 Å². The van der Waals surface area contributed by atoms with Crippen LogP contribution in [0.2, 0.25) is 10.0 Å². The number of fused-ring (bicyclic) bond motifs is 2. The first-order valence-corrected chi connectivity index (χ1v) is 9.80. The Bertz CT molecular complexity index is 1300. The van der Waals surface area contributed by atoms with Crippen molar-refractivity contribution in [2.75, 3.05) is 4.90 Å². The Labute approximate surface area is 171 Å². The highest BCUT2D eigenvalue weighted by Crippen LogP contribution is 2.42. The van der Waals surface area contributed by atoms with Gasteiger partial charge in [0.2, 0.25) is 10.9 Å². The van der Waals surface area contributed by atoms with Crippen LogP contribution in [0.3, 0.4) is 0 Å². The van der Waals surface area contributed by atoms with E-state index in [2.05, 4.69) is 10.2 Å². The van der Waals surface area contributed by atoms with Crippen molar-refractivity contribution >= 4 is 56.5 Å². The van der Waals surface area contributed by atoms with Gasteiger partial charge in [0.25, 0.3) is 5.91 Å². The van der Waals surface area contributed by atoms with Crippen molar-refractivity contribution in [3.63, 3.8) is 0 Å². The van der Waals surface area contributed by atoms with Gasteiger partial charge in [0.1, 0.15) is 11.1 Å². The Hall–Kier alpha value is -2.74. The molecule has 1 aliphatic rings. The zero-order valence-corrected chi connectivity index (χ0v) is 16.3. The highest BCUT2D eigenvalue weighted by atomic mass is 35.5. The van der Waals surface area contributed by atoms with Gasteiger partial charge in [0.15, 0.2) is 5.43 Å². The second-order valence-corrected chi connectivity index (χ2v) is 7.77. The maximum absolute atomic E-state index is 13.3. The number of hydrogen-bond donors (Lipinski definition) is 0. The summed E-state index contributed by atoms with van der Waals surface area (Å²) in [5, 5.41) is 9.30. The number of hydrogen-bond acceptors (Lipinski definition) is 6. The molecule has 0 radical (unpaired) electrons. The van der Waals surface area contributed by atoms with E-state index in [-0.39, 0.29) is 16.8 Å².